The Labute approximate surface area is 176 Å². The monoisotopic (exact) mass is 418 g/mol. The largest absolute Gasteiger partial charge is 0.465 e. The van der Waals surface area contributed by atoms with Gasteiger partial charge in [-0.15, -0.1) is 0 Å². The van der Waals surface area contributed by atoms with E-state index in [9.17, 15) is 14.4 Å². The Balaban J connectivity index is 2.37. The third-order valence-corrected chi connectivity index (χ3v) is 4.70. The van der Waals surface area contributed by atoms with Crippen LogP contribution in [0.3, 0.4) is 0 Å². The van der Waals surface area contributed by atoms with Crippen LogP contribution in [0.15, 0.2) is 30.6 Å². The van der Waals surface area contributed by atoms with Crippen molar-refractivity contribution in [2.45, 2.75) is 26.8 Å². The average molecular weight is 418 g/mol. The van der Waals surface area contributed by atoms with Crippen molar-refractivity contribution in [1.82, 2.24) is 19.4 Å². The van der Waals surface area contributed by atoms with E-state index in [1.54, 1.807) is 41.6 Å². The van der Waals surface area contributed by atoms with Gasteiger partial charge in [-0.1, -0.05) is 12.1 Å². The molecule has 1 aromatic heterocycles. The Kier molecular flexibility index (Phi) is 8.79. The van der Waals surface area contributed by atoms with Crippen molar-refractivity contribution in [3.8, 4) is 0 Å². The van der Waals surface area contributed by atoms with Crippen LogP contribution in [0.25, 0.3) is 11.0 Å². The van der Waals surface area contributed by atoms with Gasteiger partial charge >= 0.3 is 11.9 Å². The number of imidazole rings is 1. The van der Waals surface area contributed by atoms with Crippen LogP contribution in [0, 0.1) is 0 Å². The second-order valence-corrected chi connectivity index (χ2v) is 6.79. The van der Waals surface area contributed by atoms with E-state index >= 15 is 0 Å². The van der Waals surface area contributed by atoms with Crippen molar-refractivity contribution in [3.63, 3.8) is 0 Å². The topological polar surface area (TPSA) is 94.0 Å². The predicted octanol–water partition coefficient (Wildman–Crippen LogP) is 1.48. The Hall–Kier alpha value is -2.94. The van der Waals surface area contributed by atoms with Crippen LogP contribution in [0.2, 0.25) is 0 Å². The van der Waals surface area contributed by atoms with Gasteiger partial charge in [0.1, 0.15) is 6.04 Å². The van der Waals surface area contributed by atoms with Gasteiger partial charge in [0.05, 0.1) is 43.7 Å². The number of nitrogens with zero attached hydrogens (tertiary/aromatic N) is 4. The van der Waals surface area contributed by atoms with Crippen LogP contribution < -0.4 is 0 Å². The summed E-state index contributed by atoms with van der Waals surface area (Å²) in [6.45, 7) is 6.19. The quantitative estimate of drug-likeness (QED) is 0.510. The zero-order valence-corrected chi connectivity index (χ0v) is 18.0. The van der Waals surface area contributed by atoms with Crippen LogP contribution in [-0.2, 0) is 23.9 Å². The molecule has 0 bridgehead atoms. The molecule has 0 saturated carbocycles. The molecule has 0 N–H and O–H groups in total. The normalized spacial score (nSPS) is 12.0. The molecular weight excluding hydrogens is 388 g/mol. The van der Waals surface area contributed by atoms with E-state index in [1.165, 1.54) is 0 Å². The van der Waals surface area contributed by atoms with Gasteiger partial charge in [-0.25, -0.2) is 4.98 Å². The first-order valence-corrected chi connectivity index (χ1v) is 10.1. The lowest BCUT2D eigenvalue weighted by molar-refractivity contribution is -0.149. The molecule has 9 nitrogen and oxygen atoms in total. The smallest absolute Gasteiger partial charge is 0.320 e. The number of esters is 2. The number of hydrogen-bond acceptors (Lipinski definition) is 7. The summed E-state index contributed by atoms with van der Waals surface area (Å²) < 4.78 is 11.9. The summed E-state index contributed by atoms with van der Waals surface area (Å²) in [6, 6.07) is 6.83. The maximum absolute atomic E-state index is 13.2. The molecule has 0 aliphatic rings. The Morgan fingerprint density at radius 1 is 1.03 bits per heavy atom. The number of benzene rings is 1. The highest BCUT2D eigenvalue weighted by atomic mass is 16.5. The van der Waals surface area contributed by atoms with Crippen LogP contribution >= 0.6 is 0 Å². The number of carbonyl (C=O) groups is 3. The molecule has 0 spiro atoms. The lowest BCUT2D eigenvalue weighted by atomic mass is 10.2. The van der Waals surface area contributed by atoms with Gasteiger partial charge in [0.25, 0.3) is 0 Å². The van der Waals surface area contributed by atoms with Crippen molar-refractivity contribution in [1.29, 1.82) is 0 Å². The fourth-order valence-corrected chi connectivity index (χ4v) is 3.13. The minimum Gasteiger partial charge on any atom is -0.465 e. The second kappa shape index (κ2) is 11.3. The van der Waals surface area contributed by atoms with E-state index in [2.05, 4.69) is 4.98 Å². The maximum Gasteiger partial charge on any atom is 0.320 e. The van der Waals surface area contributed by atoms with E-state index in [4.69, 9.17) is 9.47 Å². The number of carbonyl (C=O) groups excluding carboxylic acids is 3. The van der Waals surface area contributed by atoms with Crippen LogP contribution in [0.4, 0.5) is 0 Å². The zero-order valence-electron chi connectivity index (χ0n) is 18.0. The van der Waals surface area contributed by atoms with E-state index in [0.717, 1.165) is 11.0 Å². The molecule has 9 heteroatoms. The summed E-state index contributed by atoms with van der Waals surface area (Å²) in [6.07, 6.45) is 1.61. The van der Waals surface area contributed by atoms with Crippen molar-refractivity contribution < 1.29 is 23.9 Å². The molecule has 30 heavy (non-hydrogen) atoms. The molecule has 0 fully saturated rings. The Morgan fingerprint density at radius 3 is 2.20 bits per heavy atom. The number of hydrogen-bond donors (Lipinski definition) is 0. The first-order chi connectivity index (χ1) is 14.4. The number of amides is 1. The molecule has 2 aromatic rings. The summed E-state index contributed by atoms with van der Waals surface area (Å²) in [5.74, 6) is -1.07. The summed E-state index contributed by atoms with van der Waals surface area (Å²) in [5.41, 5.74) is 1.56. The van der Waals surface area contributed by atoms with E-state index < -0.39 is 18.0 Å². The number of fused-ring (bicyclic) bond motifs is 1. The minimum atomic E-state index is -0.675. The van der Waals surface area contributed by atoms with Gasteiger partial charge in [0.2, 0.25) is 5.91 Å². The minimum absolute atomic E-state index is 0.126. The third-order valence-electron chi connectivity index (χ3n) is 4.70. The summed E-state index contributed by atoms with van der Waals surface area (Å²) in [5, 5.41) is 0. The molecular formula is C21H30N4O5. The van der Waals surface area contributed by atoms with E-state index in [1.807, 2.05) is 31.2 Å². The van der Waals surface area contributed by atoms with Crippen molar-refractivity contribution in [3.05, 3.63) is 30.6 Å². The molecule has 1 amide bonds. The number of rotatable bonds is 11. The lowest BCUT2D eigenvalue weighted by Crippen LogP contribution is -2.44. The summed E-state index contributed by atoms with van der Waals surface area (Å²) in [4.78, 5) is 45.0. The molecule has 2 rings (SSSR count). The molecule has 1 aromatic carbocycles. The molecule has 0 saturated heterocycles. The van der Waals surface area contributed by atoms with Gasteiger partial charge in [-0.3, -0.25) is 19.3 Å². The first kappa shape index (κ1) is 23.3. The molecule has 164 valence electrons. The molecule has 0 aliphatic heterocycles. The molecule has 0 aliphatic carbocycles. The highest BCUT2D eigenvalue weighted by Crippen LogP contribution is 2.20. The third kappa shape index (κ3) is 6.03. The zero-order chi connectivity index (χ0) is 22.1. The van der Waals surface area contributed by atoms with Crippen LogP contribution in [0.1, 0.15) is 26.8 Å². The first-order valence-electron chi connectivity index (χ1n) is 10.1. The van der Waals surface area contributed by atoms with E-state index in [0.29, 0.717) is 6.54 Å². The lowest BCUT2D eigenvalue weighted by Gasteiger charge is -2.29. The summed E-state index contributed by atoms with van der Waals surface area (Å²) >= 11 is 0. The van der Waals surface area contributed by atoms with Crippen LogP contribution in [0.5, 0.6) is 0 Å². The van der Waals surface area contributed by atoms with Gasteiger partial charge in [-0.2, -0.15) is 0 Å². The number of likely N-dealkylation sites (N-methyl/N-ethyl adjacent to an activating group) is 1. The van der Waals surface area contributed by atoms with Crippen molar-refractivity contribution >= 4 is 28.9 Å². The predicted molar refractivity (Wildman–Crippen MR) is 112 cm³/mol. The van der Waals surface area contributed by atoms with Crippen molar-refractivity contribution in [2.24, 2.45) is 0 Å². The van der Waals surface area contributed by atoms with Gasteiger partial charge < -0.3 is 18.9 Å². The number of para-hydroxylation sites is 2. The maximum atomic E-state index is 13.2. The SMILES string of the molecule is CCOC(=O)CN(CC(=O)OCC)CC(C(=O)N(C)CC)n1cnc2ccccc21. The highest BCUT2D eigenvalue weighted by Gasteiger charge is 2.29. The fourth-order valence-electron chi connectivity index (χ4n) is 3.13. The fraction of sp³-hybridized carbons (Fsp3) is 0.524. The molecule has 0 radical (unpaired) electrons. The molecule has 1 atom stereocenters. The number of aromatic nitrogens is 2. The van der Waals surface area contributed by atoms with E-state index in [-0.39, 0.29) is 38.8 Å². The van der Waals surface area contributed by atoms with Gasteiger partial charge in [0, 0.05) is 20.1 Å². The van der Waals surface area contributed by atoms with Crippen molar-refractivity contribution in [2.75, 3.05) is 46.4 Å². The van der Waals surface area contributed by atoms with Gasteiger partial charge in [0.15, 0.2) is 0 Å². The van der Waals surface area contributed by atoms with Crippen LogP contribution in [-0.4, -0.2) is 83.6 Å². The Bertz CT molecular complexity index is 846. The molecule has 1 heterocycles. The van der Waals surface area contributed by atoms with Gasteiger partial charge in [-0.05, 0) is 32.9 Å². The number of ether oxygens (including phenoxy) is 2. The second-order valence-electron chi connectivity index (χ2n) is 6.79. The summed E-state index contributed by atoms with van der Waals surface area (Å²) in [7, 11) is 1.72. The Morgan fingerprint density at radius 2 is 1.63 bits per heavy atom. The standard InChI is InChI=1S/C21H30N4O5/c1-5-23(4)21(28)18(25-15-22-16-10-8-9-11-17(16)25)12-24(13-19(26)29-6-2)14-20(27)30-7-3/h8-11,15,18H,5-7,12-14H2,1-4H3. The molecule has 1 unspecified atom stereocenters. The average Bonchev–Trinajstić information content (AvgIpc) is 3.15. The highest BCUT2D eigenvalue weighted by molar-refractivity contribution is 5.84.